The summed E-state index contributed by atoms with van der Waals surface area (Å²) in [5.41, 5.74) is 2.11. The van der Waals surface area contributed by atoms with Gasteiger partial charge in [0, 0.05) is 4.47 Å². The third-order valence-corrected chi connectivity index (χ3v) is 4.29. The van der Waals surface area contributed by atoms with Crippen LogP contribution in [-0.4, -0.2) is 16.7 Å². The minimum absolute atomic E-state index is 0.242. The van der Waals surface area contributed by atoms with Gasteiger partial charge in [-0.05, 0) is 53.9 Å². The second kappa shape index (κ2) is 4.82. The summed E-state index contributed by atoms with van der Waals surface area (Å²) in [4.78, 5) is 4.49. The average molecular weight is 308 g/mol. The summed E-state index contributed by atoms with van der Waals surface area (Å²) in [6.07, 6.45) is 2.25. The van der Waals surface area contributed by atoms with Crippen molar-refractivity contribution in [2.24, 2.45) is 0 Å². The van der Waals surface area contributed by atoms with Gasteiger partial charge in [-0.2, -0.15) is 4.98 Å². The second-order valence-electron chi connectivity index (χ2n) is 4.54. The number of hydrogen-bond acceptors (Lipinski definition) is 4. The Labute approximate surface area is 114 Å². The zero-order valence-electron chi connectivity index (χ0n) is 10.1. The maximum Gasteiger partial charge on any atom is 0.259 e. The lowest BCUT2D eigenvalue weighted by atomic mass is 10.1. The van der Waals surface area contributed by atoms with Crippen molar-refractivity contribution in [2.45, 2.75) is 25.8 Å². The lowest BCUT2D eigenvalue weighted by molar-refractivity contribution is 0.412. The fourth-order valence-electron chi connectivity index (χ4n) is 2.20. The van der Waals surface area contributed by atoms with E-state index in [4.69, 9.17) is 4.52 Å². The van der Waals surface area contributed by atoms with Gasteiger partial charge in [0.1, 0.15) is 0 Å². The van der Waals surface area contributed by atoms with E-state index in [0.717, 1.165) is 34.4 Å². The summed E-state index contributed by atoms with van der Waals surface area (Å²) in [7, 11) is 0. The smallest absolute Gasteiger partial charge is 0.259 e. The minimum Gasteiger partial charge on any atom is -0.334 e. The van der Waals surface area contributed by atoms with Crippen LogP contribution in [0.2, 0.25) is 0 Å². The van der Waals surface area contributed by atoms with E-state index in [9.17, 15) is 0 Å². The van der Waals surface area contributed by atoms with Crippen LogP contribution in [0.5, 0.6) is 0 Å². The number of rotatable bonds is 2. The summed E-state index contributed by atoms with van der Waals surface area (Å²) in [5, 5.41) is 7.44. The number of halogens is 1. The van der Waals surface area contributed by atoms with Crippen molar-refractivity contribution in [3.63, 3.8) is 0 Å². The molecule has 1 N–H and O–H groups in total. The molecule has 0 amide bonds. The van der Waals surface area contributed by atoms with Crippen LogP contribution in [0.1, 0.15) is 30.3 Å². The summed E-state index contributed by atoms with van der Waals surface area (Å²) in [6, 6.07) is 6.26. The Morgan fingerprint density at radius 1 is 1.44 bits per heavy atom. The van der Waals surface area contributed by atoms with Gasteiger partial charge < -0.3 is 9.84 Å². The number of nitrogens with zero attached hydrogens (tertiary/aromatic N) is 2. The van der Waals surface area contributed by atoms with E-state index < -0.39 is 0 Å². The molecule has 0 spiro atoms. The molecule has 1 aromatic heterocycles. The van der Waals surface area contributed by atoms with E-state index in [-0.39, 0.29) is 6.04 Å². The number of hydrogen-bond donors (Lipinski definition) is 1. The Hall–Kier alpha value is -1.20. The van der Waals surface area contributed by atoms with Gasteiger partial charge in [-0.15, -0.1) is 0 Å². The molecule has 5 heteroatoms. The van der Waals surface area contributed by atoms with E-state index in [2.05, 4.69) is 31.4 Å². The van der Waals surface area contributed by atoms with E-state index >= 15 is 0 Å². The number of benzene rings is 1. The maximum absolute atomic E-state index is 5.37. The highest BCUT2D eigenvalue weighted by Crippen LogP contribution is 2.31. The predicted molar refractivity (Wildman–Crippen MR) is 72.1 cm³/mol. The number of nitrogens with one attached hydrogen (secondary N) is 1. The van der Waals surface area contributed by atoms with Crippen molar-refractivity contribution < 1.29 is 4.52 Å². The molecule has 1 aliphatic heterocycles. The van der Waals surface area contributed by atoms with Crippen LogP contribution in [-0.2, 0) is 0 Å². The first-order valence-electron chi connectivity index (χ1n) is 6.08. The monoisotopic (exact) mass is 307 g/mol. The summed E-state index contributed by atoms with van der Waals surface area (Å²) in [6.45, 7) is 3.08. The Bertz CT molecular complexity index is 561. The van der Waals surface area contributed by atoms with Crippen molar-refractivity contribution in [1.82, 2.24) is 15.5 Å². The second-order valence-corrected chi connectivity index (χ2v) is 5.34. The Kier molecular flexibility index (Phi) is 3.18. The normalized spacial score (nSPS) is 19.3. The van der Waals surface area contributed by atoms with Gasteiger partial charge in [0.2, 0.25) is 0 Å². The molecule has 2 heterocycles. The molecule has 4 nitrogen and oxygen atoms in total. The van der Waals surface area contributed by atoms with Crippen molar-refractivity contribution >= 4 is 15.9 Å². The molecule has 1 unspecified atom stereocenters. The van der Waals surface area contributed by atoms with Crippen LogP contribution in [0, 0.1) is 6.92 Å². The highest BCUT2D eigenvalue weighted by molar-refractivity contribution is 9.10. The summed E-state index contributed by atoms with van der Waals surface area (Å²) < 4.78 is 6.38. The molecule has 0 bridgehead atoms. The quantitative estimate of drug-likeness (QED) is 0.925. The van der Waals surface area contributed by atoms with E-state index in [0.29, 0.717) is 5.89 Å². The molecular weight excluding hydrogens is 294 g/mol. The molecule has 2 aromatic rings. The molecule has 94 valence electrons. The third kappa shape index (κ3) is 2.08. The highest BCUT2D eigenvalue weighted by Gasteiger charge is 2.22. The van der Waals surface area contributed by atoms with E-state index in [1.165, 1.54) is 6.42 Å². The maximum atomic E-state index is 5.37. The molecule has 1 aliphatic rings. The molecule has 1 fully saturated rings. The molecule has 1 atom stereocenters. The van der Waals surface area contributed by atoms with Crippen molar-refractivity contribution in [3.8, 4) is 11.5 Å². The molecule has 3 rings (SSSR count). The van der Waals surface area contributed by atoms with Crippen LogP contribution in [0.3, 0.4) is 0 Å². The molecule has 18 heavy (non-hydrogen) atoms. The SMILES string of the molecule is Cc1cccc(-c2nc(C3CCCN3)no2)c1Br. The number of aromatic nitrogens is 2. The van der Waals surface area contributed by atoms with Crippen molar-refractivity contribution in [3.05, 3.63) is 34.1 Å². The lowest BCUT2D eigenvalue weighted by Gasteiger charge is -2.03. The van der Waals surface area contributed by atoms with Gasteiger partial charge in [0.05, 0.1) is 11.6 Å². The average Bonchev–Trinajstić information content (AvgIpc) is 3.01. The first-order valence-corrected chi connectivity index (χ1v) is 6.87. The Morgan fingerprint density at radius 2 is 2.33 bits per heavy atom. The molecular formula is C13H14BrN3O. The van der Waals surface area contributed by atoms with Crippen LogP contribution >= 0.6 is 15.9 Å². The van der Waals surface area contributed by atoms with Gasteiger partial charge in [-0.25, -0.2) is 0 Å². The first-order chi connectivity index (χ1) is 8.75. The molecule has 0 radical (unpaired) electrons. The van der Waals surface area contributed by atoms with E-state index in [1.807, 2.05) is 25.1 Å². The van der Waals surface area contributed by atoms with Gasteiger partial charge in [-0.1, -0.05) is 17.3 Å². The molecule has 1 saturated heterocycles. The van der Waals surface area contributed by atoms with Crippen molar-refractivity contribution in [2.75, 3.05) is 6.54 Å². The lowest BCUT2D eigenvalue weighted by Crippen LogP contribution is -2.14. The van der Waals surface area contributed by atoms with E-state index in [1.54, 1.807) is 0 Å². The Morgan fingerprint density at radius 3 is 3.11 bits per heavy atom. The topological polar surface area (TPSA) is 51.0 Å². The highest BCUT2D eigenvalue weighted by atomic mass is 79.9. The third-order valence-electron chi connectivity index (χ3n) is 3.24. The minimum atomic E-state index is 0.242. The van der Waals surface area contributed by atoms with Crippen LogP contribution in [0.15, 0.2) is 27.2 Å². The zero-order valence-corrected chi connectivity index (χ0v) is 11.7. The fourth-order valence-corrected chi connectivity index (χ4v) is 2.64. The summed E-state index contributed by atoms with van der Waals surface area (Å²) in [5.74, 6) is 1.34. The fraction of sp³-hybridized carbons (Fsp3) is 0.385. The van der Waals surface area contributed by atoms with Crippen LogP contribution in [0.4, 0.5) is 0 Å². The molecule has 0 saturated carbocycles. The predicted octanol–water partition coefficient (Wildman–Crippen LogP) is 3.23. The largest absolute Gasteiger partial charge is 0.334 e. The van der Waals surface area contributed by atoms with Gasteiger partial charge in [-0.3, -0.25) is 0 Å². The summed E-state index contributed by atoms with van der Waals surface area (Å²) >= 11 is 3.57. The Balaban J connectivity index is 1.95. The first kappa shape index (κ1) is 11.9. The molecule has 0 aliphatic carbocycles. The van der Waals surface area contributed by atoms with Crippen molar-refractivity contribution in [1.29, 1.82) is 0 Å². The zero-order chi connectivity index (χ0) is 12.5. The van der Waals surface area contributed by atoms with Crippen LogP contribution < -0.4 is 5.32 Å². The van der Waals surface area contributed by atoms with Gasteiger partial charge >= 0.3 is 0 Å². The van der Waals surface area contributed by atoms with Gasteiger partial charge in [0.15, 0.2) is 5.82 Å². The van der Waals surface area contributed by atoms with Gasteiger partial charge in [0.25, 0.3) is 5.89 Å². The van der Waals surface area contributed by atoms with Crippen LogP contribution in [0.25, 0.3) is 11.5 Å². The standard InChI is InChI=1S/C13H14BrN3O/c1-8-4-2-5-9(11(8)14)13-16-12(17-18-13)10-6-3-7-15-10/h2,4-5,10,15H,3,6-7H2,1H3. The molecule has 1 aromatic carbocycles. The number of aryl methyl sites for hydroxylation is 1.